The summed E-state index contributed by atoms with van der Waals surface area (Å²) in [5, 5.41) is 4.17. The number of hydrogen-bond donors (Lipinski definition) is 1. The van der Waals surface area contributed by atoms with Crippen LogP contribution in [0.15, 0.2) is 48.8 Å². The van der Waals surface area contributed by atoms with Gasteiger partial charge in [-0.05, 0) is 55.5 Å². The van der Waals surface area contributed by atoms with Crippen molar-refractivity contribution in [3.63, 3.8) is 0 Å². The highest BCUT2D eigenvalue weighted by molar-refractivity contribution is 7.16. The Bertz CT molecular complexity index is 1060. The lowest BCUT2D eigenvalue weighted by molar-refractivity contribution is -0.114. The Kier molecular flexibility index (Phi) is 6.19. The Labute approximate surface area is 193 Å². The van der Waals surface area contributed by atoms with Gasteiger partial charge in [0.1, 0.15) is 10.8 Å². The first kappa shape index (κ1) is 21.1. The number of aromatic nitrogens is 2. The molecule has 1 saturated heterocycles. The second kappa shape index (κ2) is 9.38. The second-order valence-corrected chi connectivity index (χ2v) is 9.61. The van der Waals surface area contributed by atoms with Crippen molar-refractivity contribution in [3.05, 3.63) is 70.5 Å². The number of fused-ring (bicyclic) bond motifs is 1. The molecule has 0 bridgehead atoms. The first-order valence-corrected chi connectivity index (χ1v) is 12.3. The average molecular weight is 448 g/mol. The lowest BCUT2D eigenvalue weighted by atomic mass is 9.90. The van der Waals surface area contributed by atoms with Crippen molar-refractivity contribution in [1.82, 2.24) is 14.9 Å². The van der Waals surface area contributed by atoms with Crippen molar-refractivity contribution in [3.8, 4) is 0 Å². The fourth-order valence-electron chi connectivity index (χ4n) is 4.94. The topological polar surface area (TPSA) is 61.4 Å². The summed E-state index contributed by atoms with van der Waals surface area (Å²) in [4.78, 5) is 27.7. The Morgan fingerprint density at radius 2 is 1.75 bits per heavy atom. The zero-order valence-corrected chi connectivity index (χ0v) is 19.3. The lowest BCUT2D eigenvalue weighted by Gasteiger charge is -2.40. The number of thiophene rings is 1. The third kappa shape index (κ3) is 4.27. The van der Waals surface area contributed by atoms with E-state index in [-0.39, 0.29) is 11.9 Å². The zero-order chi connectivity index (χ0) is 21.9. The SMILES string of the molecule is CC(=O)Nc1sc2c(c1C(c1ccccn1)N1CCN(c3ccccn3)CC1)CCCC2. The predicted molar refractivity (Wildman–Crippen MR) is 129 cm³/mol. The number of amides is 1. The molecule has 3 aromatic rings. The van der Waals surface area contributed by atoms with Crippen molar-refractivity contribution in [2.75, 3.05) is 36.4 Å². The summed E-state index contributed by atoms with van der Waals surface area (Å²) in [6.45, 7) is 5.28. The molecule has 0 radical (unpaired) electrons. The predicted octanol–water partition coefficient (Wildman–Crippen LogP) is 4.29. The van der Waals surface area contributed by atoms with E-state index in [0.717, 1.165) is 55.5 Å². The minimum atomic E-state index is -0.00964. The molecule has 1 unspecified atom stereocenters. The molecule has 32 heavy (non-hydrogen) atoms. The normalized spacial score (nSPS) is 17.6. The number of carbonyl (C=O) groups is 1. The number of rotatable bonds is 5. The van der Waals surface area contributed by atoms with Gasteiger partial charge in [0, 0.05) is 55.9 Å². The number of pyridine rings is 2. The second-order valence-electron chi connectivity index (χ2n) is 8.50. The Morgan fingerprint density at radius 3 is 2.44 bits per heavy atom. The van der Waals surface area contributed by atoms with Crippen LogP contribution in [0.25, 0.3) is 0 Å². The molecule has 0 saturated carbocycles. The van der Waals surface area contributed by atoms with E-state index in [1.54, 1.807) is 18.3 Å². The molecule has 2 aliphatic rings. The van der Waals surface area contributed by atoms with Crippen molar-refractivity contribution < 1.29 is 4.79 Å². The van der Waals surface area contributed by atoms with Crippen molar-refractivity contribution >= 4 is 28.1 Å². The summed E-state index contributed by atoms with van der Waals surface area (Å²) >= 11 is 1.77. The van der Waals surface area contributed by atoms with Gasteiger partial charge in [-0.3, -0.25) is 14.7 Å². The van der Waals surface area contributed by atoms with E-state index in [9.17, 15) is 4.79 Å². The van der Waals surface area contributed by atoms with Crippen LogP contribution in [0, 0.1) is 0 Å². The molecule has 1 N–H and O–H groups in total. The molecule has 0 aromatic carbocycles. The third-order valence-corrected chi connectivity index (χ3v) is 7.62. The van der Waals surface area contributed by atoms with E-state index in [1.165, 1.54) is 28.8 Å². The summed E-state index contributed by atoms with van der Waals surface area (Å²) < 4.78 is 0. The zero-order valence-electron chi connectivity index (χ0n) is 18.5. The van der Waals surface area contributed by atoms with Gasteiger partial charge in [-0.2, -0.15) is 0 Å². The largest absolute Gasteiger partial charge is 0.354 e. The Hall–Kier alpha value is -2.77. The number of piperazine rings is 1. The number of hydrogen-bond acceptors (Lipinski definition) is 6. The van der Waals surface area contributed by atoms with Gasteiger partial charge in [-0.25, -0.2) is 4.98 Å². The quantitative estimate of drug-likeness (QED) is 0.632. The maximum Gasteiger partial charge on any atom is 0.221 e. The van der Waals surface area contributed by atoms with Crippen LogP contribution in [0.5, 0.6) is 0 Å². The maximum absolute atomic E-state index is 12.1. The molecule has 1 atom stereocenters. The van der Waals surface area contributed by atoms with E-state index in [2.05, 4.69) is 38.3 Å². The molecule has 1 amide bonds. The van der Waals surface area contributed by atoms with Crippen molar-refractivity contribution in [1.29, 1.82) is 0 Å². The summed E-state index contributed by atoms with van der Waals surface area (Å²) in [6, 6.07) is 12.3. The van der Waals surface area contributed by atoms with Gasteiger partial charge in [-0.1, -0.05) is 12.1 Å². The van der Waals surface area contributed by atoms with Gasteiger partial charge in [0.25, 0.3) is 0 Å². The maximum atomic E-state index is 12.1. The number of aryl methyl sites for hydroxylation is 1. The van der Waals surface area contributed by atoms with E-state index in [4.69, 9.17) is 4.98 Å². The summed E-state index contributed by atoms with van der Waals surface area (Å²) in [5.41, 5.74) is 3.76. The average Bonchev–Trinajstić information content (AvgIpc) is 3.18. The van der Waals surface area contributed by atoms with E-state index in [1.807, 2.05) is 30.6 Å². The van der Waals surface area contributed by atoms with Crippen LogP contribution in [-0.2, 0) is 17.6 Å². The first-order valence-electron chi connectivity index (χ1n) is 11.4. The van der Waals surface area contributed by atoms with E-state index < -0.39 is 0 Å². The molecule has 166 valence electrons. The molecule has 4 heterocycles. The smallest absolute Gasteiger partial charge is 0.221 e. The number of anilines is 2. The fourth-order valence-corrected chi connectivity index (χ4v) is 6.31. The van der Waals surface area contributed by atoms with Crippen LogP contribution in [0.2, 0.25) is 0 Å². The monoisotopic (exact) mass is 447 g/mol. The third-order valence-electron chi connectivity index (χ3n) is 6.40. The molecule has 1 aliphatic heterocycles. The number of carbonyl (C=O) groups excluding carboxylic acids is 1. The van der Waals surface area contributed by atoms with Gasteiger partial charge in [0.2, 0.25) is 5.91 Å². The van der Waals surface area contributed by atoms with Gasteiger partial charge >= 0.3 is 0 Å². The van der Waals surface area contributed by atoms with Crippen LogP contribution >= 0.6 is 11.3 Å². The standard InChI is InChI=1S/C25H29N5OS/c1-18(31)28-25-23(19-8-2-3-10-21(19)32-25)24(20-9-4-6-12-26-20)30-16-14-29(15-17-30)22-11-5-7-13-27-22/h4-7,9,11-13,24H,2-3,8,10,14-17H2,1H3,(H,28,31). The van der Waals surface area contributed by atoms with Gasteiger partial charge in [0.05, 0.1) is 11.7 Å². The number of nitrogens with one attached hydrogen (secondary N) is 1. The van der Waals surface area contributed by atoms with Crippen molar-refractivity contribution in [2.24, 2.45) is 0 Å². The Morgan fingerprint density at radius 1 is 1.00 bits per heavy atom. The fraction of sp³-hybridized carbons (Fsp3) is 0.400. The van der Waals surface area contributed by atoms with Crippen LogP contribution < -0.4 is 10.2 Å². The van der Waals surface area contributed by atoms with Crippen molar-refractivity contribution in [2.45, 2.75) is 38.6 Å². The molecule has 3 aromatic heterocycles. The molecule has 7 heteroatoms. The van der Waals surface area contributed by atoms with E-state index in [0.29, 0.717) is 0 Å². The van der Waals surface area contributed by atoms with Crippen LogP contribution in [-0.4, -0.2) is 47.0 Å². The summed E-state index contributed by atoms with van der Waals surface area (Å²) in [5.74, 6) is 1.03. The first-order chi connectivity index (χ1) is 15.7. The van der Waals surface area contributed by atoms with Crippen LogP contribution in [0.3, 0.4) is 0 Å². The van der Waals surface area contributed by atoms with Gasteiger partial charge < -0.3 is 10.2 Å². The minimum absolute atomic E-state index is 0.00964. The summed E-state index contributed by atoms with van der Waals surface area (Å²) in [6.07, 6.45) is 8.36. The molecule has 1 fully saturated rings. The molecule has 0 spiro atoms. The molecular weight excluding hydrogens is 418 g/mol. The highest BCUT2D eigenvalue weighted by Gasteiger charge is 2.34. The molecule has 5 rings (SSSR count). The highest BCUT2D eigenvalue weighted by Crippen LogP contribution is 2.45. The van der Waals surface area contributed by atoms with Crippen LogP contribution in [0.1, 0.15) is 47.5 Å². The summed E-state index contributed by atoms with van der Waals surface area (Å²) in [7, 11) is 0. The molecular formula is C25H29N5OS. The van der Waals surface area contributed by atoms with Gasteiger partial charge in [-0.15, -0.1) is 11.3 Å². The van der Waals surface area contributed by atoms with E-state index >= 15 is 0 Å². The lowest BCUT2D eigenvalue weighted by Crippen LogP contribution is -2.48. The highest BCUT2D eigenvalue weighted by atomic mass is 32.1. The molecule has 1 aliphatic carbocycles. The van der Waals surface area contributed by atoms with Gasteiger partial charge in [0.15, 0.2) is 0 Å². The Balaban J connectivity index is 1.51. The van der Waals surface area contributed by atoms with Crippen LogP contribution in [0.4, 0.5) is 10.8 Å². The number of nitrogens with zero attached hydrogens (tertiary/aromatic N) is 4. The minimum Gasteiger partial charge on any atom is -0.354 e. The molecule has 6 nitrogen and oxygen atoms in total.